The zero-order valence-electron chi connectivity index (χ0n) is 14.8. The minimum Gasteiger partial charge on any atom is -0.304 e. The molecule has 2 nitrogen and oxygen atoms in total. The zero-order valence-corrected chi connectivity index (χ0v) is 14.8. The summed E-state index contributed by atoms with van der Waals surface area (Å²) in [6, 6.07) is 0.567. The van der Waals surface area contributed by atoms with Gasteiger partial charge in [0.25, 0.3) is 0 Å². The van der Waals surface area contributed by atoms with E-state index in [4.69, 9.17) is 0 Å². The van der Waals surface area contributed by atoms with Crippen molar-refractivity contribution in [2.45, 2.75) is 65.3 Å². The molecule has 1 aliphatic heterocycles. The molecule has 0 aromatic rings. The van der Waals surface area contributed by atoms with E-state index in [1.54, 1.807) is 5.57 Å². The van der Waals surface area contributed by atoms with Crippen LogP contribution in [0.3, 0.4) is 0 Å². The molecule has 0 amide bonds. The quantitative estimate of drug-likeness (QED) is 0.456. The van der Waals surface area contributed by atoms with Gasteiger partial charge < -0.3 is 4.90 Å². The van der Waals surface area contributed by atoms with E-state index in [1.165, 1.54) is 70.3 Å². The van der Waals surface area contributed by atoms with Crippen molar-refractivity contribution in [2.24, 2.45) is 0 Å². The average Bonchev–Trinajstić information content (AvgIpc) is 2.45. The smallest absolute Gasteiger partial charge is 0.0306 e. The molecule has 1 heterocycles. The fourth-order valence-electron chi connectivity index (χ4n) is 3.08. The molecular weight excluding hydrogens is 256 g/mol. The summed E-state index contributed by atoms with van der Waals surface area (Å²) in [5, 5.41) is 0. The van der Waals surface area contributed by atoms with Crippen LogP contribution in [0.2, 0.25) is 0 Å². The molecule has 1 aliphatic rings. The van der Waals surface area contributed by atoms with Crippen LogP contribution in [-0.2, 0) is 0 Å². The van der Waals surface area contributed by atoms with E-state index in [0.717, 1.165) is 0 Å². The predicted molar refractivity (Wildman–Crippen MR) is 94.8 cm³/mol. The van der Waals surface area contributed by atoms with E-state index in [1.807, 2.05) is 0 Å². The minimum absolute atomic E-state index is 0.567. The number of rotatable bonds is 9. The molecule has 0 aromatic heterocycles. The molecule has 2 heteroatoms. The minimum atomic E-state index is 0.567. The van der Waals surface area contributed by atoms with Crippen molar-refractivity contribution in [1.82, 2.24) is 9.80 Å². The van der Waals surface area contributed by atoms with Gasteiger partial charge in [-0.25, -0.2) is 0 Å². The highest BCUT2D eigenvalue weighted by atomic mass is 15.3. The van der Waals surface area contributed by atoms with Gasteiger partial charge in [0, 0.05) is 32.2 Å². The average molecular weight is 293 g/mol. The van der Waals surface area contributed by atoms with Crippen molar-refractivity contribution < 1.29 is 0 Å². The van der Waals surface area contributed by atoms with Crippen LogP contribution in [0.15, 0.2) is 23.8 Å². The Morgan fingerprint density at radius 1 is 1.14 bits per heavy atom. The third-order valence-electron chi connectivity index (χ3n) is 4.66. The highest BCUT2D eigenvalue weighted by Crippen LogP contribution is 2.19. The maximum absolute atomic E-state index is 4.24. The molecule has 1 fully saturated rings. The first-order chi connectivity index (χ1) is 10.0. The van der Waals surface area contributed by atoms with Gasteiger partial charge in [-0.1, -0.05) is 43.6 Å². The summed E-state index contributed by atoms with van der Waals surface area (Å²) in [4.78, 5) is 5.05. The first-order valence-electron chi connectivity index (χ1n) is 8.78. The summed E-state index contributed by atoms with van der Waals surface area (Å²) in [5.41, 5.74) is 2.89. The Balaban J connectivity index is 2.39. The van der Waals surface area contributed by atoms with E-state index in [2.05, 4.69) is 50.3 Å². The van der Waals surface area contributed by atoms with Crippen molar-refractivity contribution in [3.8, 4) is 0 Å². The summed E-state index contributed by atoms with van der Waals surface area (Å²) in [7, 11) is 2.22. The van der Waals surface area contributed by atoms with Crippen LogP contribution in [0, 0.1) is 0 Å². The molecule has 0 aliphatic carbocycles. The molecule has 0 aromatic carbocycles. The monoisotopic (exact) mass is 292 g/mol. The fourth-order valence-corrected chi connectivity index (χ4v) is 3.08. The predicted octanol–water partition coefficient (Wildman–Crippen LogP) is 4.49. The molecule has 1 saturated heterocycles. The third kappa shape index (κ3) is 7.28. The van der Waals surface area contributed by atoms with Crippen molar-refractivity contribution in [1.29, 1.82) is 0 Å². The van der Waals surface area contributed by atoms with E-state index in [9.17, 15) is 0 Å². The van der Waals surface area contributed by atoms with Gasteiger partial charge in [-0.3, -0.25) is 4.90 Å². The standard InChI is InChI=1S/C19H36N2/c1-6-7-8-9-10-18(4)11-12-19(17(2)3)21-15-13-20(5)14-16-21/h10,19H,2,6-9,11-16H2,1,3-5H3/b18-10+. The van der Waals surface area contributed by atoms with Crippen molar-refractivity contribution in [3.05, 3.63) is 23.8 Å². The molecule has 21 heavy (non-hydrogen) atoms. The number of hydrogen-bond donors (Lipinski definition) is 0. The Bertz CT molecular complexity index is 324. The number of hydrogen-bond acceptors (Lipinski definition) is 2. The maximum atomic E-state index is 4.24. The van der Waals surface area contributed by atoms with Gasteiger partial charge in [0.05, 0.1) is 0 Å². The molecule has 0 spiro atoms. The highest BCUT2D eigenvalue weighted by Gasteiger charge is 2.22. The second-order valence-electron chi connectivity index (χ2n) is 6.79. The molecule has 0 radical (unpaired) electrons. The van der Waals surface area contributed by atoms with Crippen LogP contribution in [0.5, 0.6) is 0 Å². The van der Waals surface area contributed by atoms with Gasteiger partial charge in [-0.2, -0.15) is 0 Å². The second-order valence-corrected chi connectivity index (χ2v) is 6.79. The Morgan fingerprint density at radius 2 is 1.81 bits per heavy atom. The largest absolute Gasteiger partial charge is 0.304 e. The lowest BCUT2D eigenvalue weighted by Gasteiger charge is -2.38. The SMILES string of the molecule is C=C(C)C(CC/C(C)=C/CCCCC)N1CCN(C)CC1. The Kier molecular flexibility index (Phi) is 8.94. The Labute approximate surface area is 132 Å². The van der Waals surface area contributed by atoms with E-state index in [0.29, 0.717) is 6.04 Å². The lowest BCUT2D eigenvalue weighted by atomic mass is 9.98. The van der Waals surface area contributed by atoms with Gasteiger partial charge in [-0.15, -0.1) is 0 Å². The van der Waals surface area contributed by atoms with E-state index >= 15 is 0 Å². The van der Waals surface area contributed by atoms with Crippen LogP contribution >= 0.6 is 0 Å². The number of piperazine rings is 1. The molecule has 0 bridgehead atoms. The number of allylic oxidation sites excluding steroid dienone is 2. The van der Waals surface area contributed by atoms with Crippen molar-refractivity contribution >= 4 is 0 Å². The zero-order chi connectivity index (χ0) is 15.7. The molecule has 0 saturated carbocycles. The van der Waals surface area contributed by atoms with E-state index in [-0.39, 0.29) is 0 Å². The van der Waals surface area contributed by atoms with E-state index < -0.39 is 0 Å². The molecule has 122 valence electrons. The number of likely N-dealkylation sites (N-methyl/N-ethyl adjacent to an activating group) is 1. The van der Waals surface area contributed by atoms with Gasteiger partial charge in [0.1, 0.15) is 0 Å². The van der Waals surface area contributed by atoms with Crippen molar-refractivity contribution in [3.63, 3.8) is 0 Å². The lowest BCUT2D eigenvalue weighted by Crippen LogP contribution is -2.49. The molecule has 1 unspecified atom stereocenters. The summed E-state index contributed by atoms with van der Waals surface area (Å²) >= 11 is 0. The van der Waals surface area contributed by atoms with Gasteiger partial charge in [0.2, 0.25) is 0 Å². The summed E-state index contributed by atoms with van der Waals surface area (Å²) < 4.78 is 0. The first-order valence-corrected chi connectivity index (χ1v) is 8.78. The Hall–Kier alpha value is -0.600. The van der Waals surface area contributed by atoms with Crippen LogP contribution in [-0.4, -0.2) is 49.1 Å². The molecule has 0 N–H and O–H groups in total. The van der Waals surface area contributed by atoms with Crippen LogP contribution < -0.4 is 0 Å². The lowest BCUT2D eigenvalue weighted by molar-refractivity contribution is 0.121. The molecule has 1 atom stereocenters. The number of nitrogens with zero attached hydrogens (tertiary/aromatic N) is 2. The Morgan fingerprint density at radius 3 is 2.38 bits per heavy atom. The summed E-state index contributed by atoms with van der Waals surface area (Å²) in [6.45, 7) is 15.8. The van der Waals surface area contributed by atoms with Gasteiger partial charge in [-0.05, 0) is 46.6 Å². The topological polar surface area (TPSA) is 6.48 Å². The van der Waals surface area contributed by atoms with Crippen LogP contribution in [0.25, 0.3) is 0 Å². The maximum Gasteiger partial charge on any atom is 0.0306 e. The highest BCUT2D eigenvalue weighted by molar-refractivity contribution is 5.06. The number of unbranched alkanes of at least 4 members (excludes halogenated alkanes) is 3. The third-order valence-corrected chi connectivity index (χ3v) is 4.66. The molecule has 1 rings (SSSR count). The van der Waals surface area contributed by atoms with Gasteiger partial charge in [0.15, 0.2) is 0 Å². The fraction of sp³-hybridized carbons (Fsp3) is 0.789. The van der Waals surface area contributed by atoms with Gasteiger partial charge >= 0.3 is 0 Å². The van der Waals surface area contributed by atoms with Crippen LogP contribution in [0.4, 0.5) is 0 Å². The second kappa shape index (κ2) is 10.2. The molecular formula is C19H36N2. The summed E-state index contributed by atoms with van der Waals surface area (Å²) in [6.07, 6.45) is 10.2. The first kappa shape index (κ1) is 18.4. The van der Waals surface area contributed by atoms with Crippen molar-refractivity contribution in [2.75, 3.05) is 33.2 Å². The van der Waals surface area contributed by atoms with Crippen LogP contribution in [0.1, 0.15) is 59.3 Å². The summed E-state index contributed by atoms with van der Waals surface area (Å²) in [5.74, 6) is 0. The normalized spacial score (nSPS) is 19.7.